The fourth-order valence-corrected chi connectivity index (χ4v) is 6.92. The number of anilines is 1. The standard InChI is InChI=1S/C23H32N4O4S2/c28-32(29,22-9-11-23(12-10-22)33(30,31)27-15-4-5-16-27)24-13-6-14-25-17-19-26(20-18-25)21-7-2-1-3-8-21/h1-3,7-12,24H,4-6,13-20H2. The van der Waals surface area contributed by atoms with Crippen LogP contribution in [0.4, 0.5) is 5.69 Å². The molecular formula is C23H32N4O4S2. The van der Waals surface area contributed by atoms with Crippen LogP contribution in [0.3, 0.4) is 0 Å². The molecule has 0 radical (unpaired) electrons. The molecule has 0 aliphatic carbocycles. The summed E-state index contributed by atoms with van der Waals surface area (Å²) in [5, 5.41) is 0. The van der Waals surface area contributed by atoms with Crippen LogP contribution in [-0.4, -0.2) is 78.4 Å². The second-order valence-corrected chi connectivity index (χ2v) is 12.2. The van der Waals surface area contributed by atoms with Crippen LogP contribution in [0.25, 0.3) is 0 Å². The molecule has 0 bridgehead atoms. The smallest absolute Gasteiger partial charge is 0.243 e. The lowest BCUT2D eigenvalue weighted by Crippen LogP contribution is -2.47. The van der Waals surface area contributed by atoms with Crippen molar-refractivity contribution >= 4 is 25.7 Å². The molecule has 0 spiro atoms. The van der Waals surface area contributed by atoms with Gasteiger partial charge in [-0.2, -0.15) is 4.31 Å². The van der Waals surface area contributed by atoms with E-state index >= 15 is 0 Å². The van der Waals surface area contributed by atoms with Gasteiger partial charge in [0.15, 0.2) is 0 Å². The van der Waals surface area contributed by atoms with Gasteiger partial charge >= 0.3 is 0 Å². The first-order chi connectivity index (χ1) is 15.9. The Balaban J connectivity index is 1.23. The fraction of sp³-hybridized carbons (Fsp3) is 0.478. The van der Waals surface area contributed by atoms with Crippen LogP contribution >= 0.6 is 0 Å². The molecule has 0 amide bonds. The maximum Gasteiger partial charge on any atom is 0.243 e. The van der Waals surface area contributed by atoms with Crippen molar-refractivity contribution in [2.24, 2.45) is 0 Å². The molecule has 1 N–H and O–H groups in total. The first-order valence-corrected chi connectivity index (χ1v) is 14.4. The molecule has 2 aliphatic heterocycles. The number of sulfonamides is 2. The number of benzene rings is 2. The Kier molecular flexibility index (Phi) is 7.70. The van der Waals surface area contributed by atoms with E-state index in [4.69, 9.17) is 0 Å². The summed E-state index contributed by atoms with van der Waals surface area (Å²) in [7, 11) is -7.22. The van der Waals surface area contributed by atoms with Gasteiger partial charge in [-0.15, -0.1) is 0 Å². The van der Waals surface area contributed by atoms with Crippen LogP contribution in [0.1, 0.15) is 19.3 Å². The Labute approximate surface area is 197 Å². The number of hydrogen-bond acceptors (Lipinski definition) is 6. The Bertz CT molecular complexity index is 1110. The maximum absolute atomic E-state index is 12.6. The highest BCUT2D eigenvalue weighted by Gasteiger charge is 2.27. The van der Waals surface area contributed by atoms with E-state index < -0.39 is 20.0 Å². The van der Waals surface area contributed by atoms with E-state index in [-0.39, 0.29) is 9.79 Å². The zero-order valence-electron chi connectivity index (χ0n) is 18.8. The monoisotopic (exact) mass is 492 g/mol. The maximum atomic E-state index is 12.6. The highest BCUT2D eigenvalue weighted by molar-refractivity contribution is 7.89. The van der Waals surface area contributed by atoms with E-state index in [2.05, 4.69) is 26.7 Å². The molecule has 0 atom stereocenters. The van der Waals surface area contributed by atoms with Crippen molar-refractivity contribution in [3.05, 3.63) is 54.6 Å². The molecule has 33 heavy (non-hydrogen) atoms. The van der Waals surface area contributed by atoms with Crippen LogP contribution in [0.2, 0.25) is 0 Å². The number of piperazine rings is 1. The number of rotatable bonds is 9. The average molecular weight is 493 g/mol. The third-order valence-corrected chi connectivity index (χ3v) is 9.66. The molecule has 2 fully saturated rings. The molecule has 2 aliphatic rings. The first kappa shape index (κ1) is 24.2. The van der Waals surface area contributed by atoms with E-state index in [1.54, 1.807) is 0 Å². The summed E-state index contributed by atoms with van der Waals surface area (Å²) in [4.78, 5) is 4.94. The van der Waals surface area contributed by atoms with Crippen molar-refractivity contribution in [1.82, 2.24) is 13.9 Å². The molecule has 0 saturated carbocycles. The summed E-state index contributed by atoms with van der Waals surface area (Å²) in [5.74, 6) is 0. The summed E-state index contributed by atoms with van der Waals surface area (Å²) >= 11 is 0. The molecule has 2 saturated heterocycles. The number of hydrogen-bond donors (Lipinski definition) is 1. The first-order valence-electron chi connectivity index (χ1n) is 11.5. The quantitative estimate of drug-likeness (QED) is 0.539. The Morgan fingerprint density at radius 2 is 1.33 bits per heavy atom. The van der Waals surface area contributed by atoms with Crippen LogP contribution in [0, 0.1) is 0 Å². The zero-order valence-corrected chi connectivity index (χ0v) is 20.4. The van der Waals surface area contributed by atoms with Crippen molar-refractivity contribution in [3.8, 4) is 0 Å². The van der Waals surface area contributed by atoms with E-state index in [1.807, 2.05) is 18.2 Å². The van der Waals surface area contributed by atoms with Gasteiger partial charge < -0.3 is 4.90 Å². The number of nitrogens with zero attached hydrogens (tertiary/aromatic N) is 3. The summed E-state index contributed by atoms with van der Waals surface area (Å²) in [5.41, 5.74) is 1.24. The summed E-state index contributed by atoms with van der Waals surface area (Å²) in [6.07, 6.45) is 2.43. The van der Waals surface area contributed by atoms with Crippen molar-refractivity contribution in [2.45, 2.75) is 29.1 Å². The van der Waals surface area contributed by atoms with Crippen LogP contribution in [-0.2, 0) is 20.0 Å². The minimum absolute atomic E-state index is 0.0827. The van der Waals surface area contributed by atoms with Crippen LogP contribution < -0.4 is 9.62 Å². The normalized spacial score (nSPS) is 18.6. The van der Waals surface area contributed by atoms with Gasteiger partial charge in [0.2, 0.25) is 20.0 Å². The average Bonchev–Trinajstić information content (AvgIpc) is 3.39. The lowest BCUT2D eigenvalue weighted by molar-refractivity contribution is 0.255. The van der Waals surface area contributed by atoms with Crippen molar-refractivity contribution in [3.63, 3.8) is 0 Å². The van der Waals surface area contributed by atoms with Gasteiger partial charge in [-0.05, 0) is 62.2 Å². The Morgan fingerprint density at radius 1 is 0.727 bits per heavy atom. The predicted octanol–water partition coefficient (Wildman–Crippen LogP) is 1.96. The number of nitrogens with one attached hydrogen (secondary N) is 1. The fourth-order valence-electron chi connectivity index (χ4n) is 4.33. The van der Waals surface area contributed by atoms with Crippen molar-refractivity contribution in [1.29, 1.82) is 0 Å². The highest BCUT2D eigenvalue weighted by Crippen LogP contribution is 2.22. The minimum atomic E-state index is -3.67. The van der Waals surface area contributed by atoms with Gasteiger partial charge in [-0.3, -0.25) is 4.90 Å². The van der Waals surface area contributed by atoms with Gasteiger partial charge in [-0.25, -0.2) is 21.6 Å². The van der Waals surface area contributed by atoms with Crippen LogP contribution in [0.5, 0.6) is 0 Å². The third kappa shape index (κ3) is 5.93. The molecule has 0 aromatic heterocycles. The van der Waals surface area contributed by atoms with Gasteiger partial charge in [0.25, 0.3) is 0 Å². The lowest BCUT2D eigenvalue weighted by atomic mass is 10.2. The van der Waals surface area contributed by atoms with E-state index in [9.17, 15) is 16.8 Å². The molecule has 2 aromatic carbocycles. The Hall–Kier alpha value is -1.98. The predicted molar refractivity (Wildman–Crippen MR) is 129 cm³/mol. The SMILES string of the molecule is O=S(=O)(NCCCN1CCN(c2ccccc2)CC1)c1ccc(S(=O)(=O)N2CCCC2)cc1. The molecule has 2 heterocycles. The van der Waals surface area contributed by atoms with Crippen molar-refractivity contribution < 1.29 is 16.8 Å². The lowest BCUT2D eigenvalue weighted by Gasteiger charge is -2.36. The summed E-state index contributed by atoms with van der Waals surface area (Å²) < 4.78 is 54.5. The molecular weight excluding hydrogens is 460 g/mol. The van der Waals surface area contributed by atoms with Gasteiger partial charge in [0.1, 0.15) is 0 Å². The van der Waals surface area contributed by atoms with Crippen LogP contribution in [0.15, 0.2) is 64.4 Å². The molecule has 180 valence electrons. The molecule has 2 aromatic rings. The summed E-state index contributed by atoms with van der Waals surface area (Å²) in [6, 6.07) is 15.9. The minimum Gasteiger partial charge on any atom is -0.369 e. The highest BCUT2D eigenvalue weighted by atomic mass is 32.2. The largest absolute Gasteiger partial charge is 0.369 e. The second kappa shape index (κ2) is 10.5. The van der Waals surface area contributed by atoms with Gasteiger partial charge in [0, 0.05) is 51.5 Å². The van der Waals surface area contributed by atoms with Gasteiger partial charge in [0.05, 0.1) is 9.79 Å². The Morgan fingerprint density at radius 3 is 1.97 bits per heavy atom. The van der Waals surface area contributed by atoms with Gasteiger partial charge in [-0.1, -0.05) is 18.2 Å². The molecule has 4 rings (SSSR count). The molecule has 8 nitrogen and oxygen atoms in total. The number of para-hydroxylation sites is 1. The summed E-state index contributed by atoms with van der Waals surface area (Å²) in [6.45, 7) is 6.04. The zero-order chi connectivity index (χ0) is 23.3. The van der Waals surface area contributed by atoms with Crippen molar-refractivity contribution in [2.75, 3.05) is 57.3 Å². The molecule has 0 unspecified atom stereocenters. The van der Waals surface area contributed by atoms with E-state index in [1.165, 1.54) is 34.3 Å². The topological polar surface area (TPSA) is 90.0 Å². The third-order valence-electron chi connectivity index (χ3n) is 6.27. The van der Waals surface area contributed by atoms with E-state index in [0.717, 1.165) is 45.6 Å². The van der Waals surface area contributed by atoms with E-state index in [0.29, 0.717) is 26.1 Å². The second-order valence-electron chi connectivity index (χ2n) is 8.50. The molecule has 10 heteroatoms.